The van der Waals surface area contributed by atoms with Crippen molar-refractivity contribution < 1.29 is 19.1 Å². The fourth-order valence-electron chi connectivity index (χ4n) is 3.89. The zero-order valence-corrected chi connectivity index (χ0v) is 19.0. The number of hydrogen-bond acceptors (Lipinski definition) is 7. The molecule has 1 heterocycles. The van der Waals surface area contributed by atoms with Gasteiger partial charge in [0, 0.05) is 19.3 Å². The van der Waals surface area contributed by atoms with E-state index in [0.717, 1.165) is 24.4 Å². The highest BCUT2D eigenvalue weighted by Gasteiger charge is 2.27. The summed E-state index contributed by atoms with van der Waals surface area (Å²) >= 11 is 0.791. The van der Waals surface area contributed by atoms with Crippen LogP contribution in [0.2, 0.25) is 0 Å². The third kappa shape index (κ3) is 5.63. The predicted octanol–water partition coefficient (Wildman–Crippen LogP) is 2.28. The maximum absolute atomic E-state index is 13.3. The maximum atomic E-state index is 13.3. The van der Waals surface area contributed by atoms with Crippen molar-refractivity contribution in [2.45, 2.75) is 38.0 Å². The lowest BCUT2D eigenvalue weighted by Crippen LogP contribution is -2.41. The Balaban J connectivity index is 1.85. The van der Waals surface area contributed by atoms with Crippen molar-refractivity contribution in [1.82, 2.24) is 9.69 Å². The Kier molecular flexibility index (Phi) is 8.18. The number of ether oxygens (including phenoxy) is 1. The molecule has 9 nitrogen and oxygen atoms in total. The summed E-state index contributed by atoms with van der Waals surface area (Å²) in [4.78, 5) is 38.7. The maximum Gasteiger partial charge on any atom is 0.272 e. The molecule has 172 valence electrons. The van der Waals surface area contributed by atoms with E-state index in [1.165, 1.54) is 29.7 Å². The first-order valence-corrected chi connectivity index (χ1v) is 11.4. The number of rotatable bonds is 9. The SMILES string of the molecule is COCCNC(=O)CN(C(=O)c1snc(C(N)=O)c1N)c1ccc(C2CCCCC2)cc1. The highest BCUT2D eigenvalue weighted by Crippen LogP contribution is 2.34. The highest BCUT2D eigenvalue weighted by molar-refractivity contribution is 7.09. The molecule has 1 aliphatic carbocycles. The number of benzene rings is 1. The molecule has 0 spiro atoms. The summed E-state index contributed by atoms with van der Waals surface area (Å²) in [7, 11) is 1.54. The van der Waals surface area contributed by atoms with E-state index < -0.39 is 11.8 Å². The van der Waals surface area contributed by atoms with Crippen LogP contribution in [-0.4, -0.2) is 48.9 Å². The van der Waals surface area contributed by atoms with Gasteiger partial charge in [-0.1, -0.05) is 31.4 Å². The van der Waals surface area contributed by atoms with Crippen LogP contribution < -0.4 is 21.7 Å². The summed E-state index contributed by atoms with van der Waals surface area (Å²) in [6, 6.07) is 7.71. The number of carbonyl (C=O) groups excluding carboxylic acids is 3. The summed E-state index contributed by atoms with van der Waals surface area (Å²) in [6.07, 6.45) is 6.06. The predicted molar refractivity (Wildman–Crippen MR) is 124 cm³/mol. The van der Waals surface area contributed by atoms with Crippen LogP contribution in [0, 0.1) is 0 Å². The number of nitrogens with two attached hydrogens (primary N) is 2. The third-order valence-corrected chi connectivity index (χ3v) is 6.46. The Labute approximate surface area is 191 Å². The zero-order chi connectivity index (χ0) is 23.1. The third-order valence-electron chi connectivity index (χ3n) is 5.61. The van der Waals surface area contributed by atoms with Gasteiger partial charge in [-0.05, 0) is 48.0 Å². The quantitative estimate of drug-likeness (QED) is 0.491. The molecule has 0 saturated heterocycles. The second-order valence-corrected chi connectivity index (χ2v) is 8.57. The monoisotopic (exact) mass is 459 g/mol. The Bertz CT molecular complexity index is 954. The van der Waals surface area contributed by atoms with Crippen LogP contribution in [0.3, 0.4) is 0 Å². The van der Waals surface area contributed by atoms with E-state index in [2.05, 4.69) is 9.69 Å². The molecule has 1 fully saturated rings. The lowest BCUT2D eigenvalue weighted by atomic mass is 9.84. The molecule has 0 aliphatic heterocycles. The second-order valence-electron chi connectivity index (χ2n) is 7.80. The van der Waals surface area contributed by atoms with Crippen LogP contribution in [0.4, 0.5) is 11.4 Å². The zero-order valence-electron chi connectivity index (χ0n) is 18.1. The van der Waals surface area contributed by atoms with Crippen LogP contribution in [0.5, 0.6) is 0 Å². The van der Waals surface area contributed by atoms with Crippen LogP contribution in [0.1, 0.15) is 63.7 Å². The summed E-state index contributed by atoms with van der Waals surface area (Å²) in [5.41, 5.74) is 12.8. The fraction of sp³-hybridized carbons (Fsp3) is 0.455. The van der Waals surface area contributed by atoms with E-state index in [1.54, 1.807) is 7.11 Å². The van der Waals surface area contributed by atoms with Crippen molar-refractivity contribution in [1.29, 1.82) is 0 Å². The number of hydrogen-bond donors (Lipinski definition) is 3. The first-order chi connectivity index (χ1) is 15.4. The second kappa shape index (κ2) is 11.1. The van der Waals surface area contributed by atoms with E-state index in [9.17, 15) is 14.4 Å². The molecule has 10 heteroatoms. The summed E-state index contributed by atoms with van der Waals surface area (Å²) in [5.74, 6) is -1.14. The highest BCUT2D eigenvalue weighted by atomic mass is 32.1. The molecule has 32 heavy (non-hydrogen) atoms. The van der Waals surface area contributed by atoms with E-state index in [0.29, 0.717) is 24.8 Å². The van der Waals surface area contributed by atoms with Gasteiger partial charge in [-0.15, -0.1) is 0 Å². The largest absolute Gasteiger partial charge is 0.395 e. The number of primary amides is 1. The van der Waals surface area contributed by atoms with Crippen LogP contribution in [0.15, 0.2) is 24.3 Å². The molecule has 0 unspecified atom stereocenters. The lowest BCUT2D eigenvalue weighted by molar-refractivity contribution is -0.119. The Morgan fingerprint density at radius 3 is 2.47 bits per heavy atom. The number of methoxy groups -OCH3 is 1. The number of nitrogens with zero attached hydrogens (tertiary/aromatic N) is 2. The molecule has 0 bridgehead atoms. The number of nitrogen functional groups attached to an aromatic ring is 1. The Morgan fingerprint density at radius 2 is 1.88 bits per heavy atom. The van der Waals surface area contributed by atoms with E-state index in [-0.39, 0.29) is 28.7 Å². The van der Waals surface area contributed by atoms with E-state index in [4.69, 9.17) is 16.2 Å². The van der Waals surface area contributed by atoms with Gasteiger partial charge in [-0.3, -0.25) is 19.3 Å². The average molecular weight is 460 g/mol. The smallest absolute Gasteiger partial charge is 0.272 e. The molecule has 1 aromatic carbocycles. The molecule has 2 aromatic rings. The molecule has 0 radical (unpaired) electrons. The number of anilines is 2. The van der Waals surface area contributed by atoms with Gasteiger partial charge < -0.3 is 21.5 Å². The average Bonchev–Trinajstić information content (AvgIpc) is 3.19. The normalized spacial score (nSPS) is 14.2. The Hall–Kier alpha value is -2.98. The van der Waals surface area contributed by atoms with Gasteiger partial charge >= 0.3 is 0 Å². The van der Waals surface area contributed by atoms with Crippen molar-refractivity contribution >= 4 is 40.6 Å². The summed E-state index contributed by atoms with van der Waals surface area (Å²) < 4.78 is 8.85. The number of aromatic nitrogens is 1. The van der Waals surface area contributed by atoms with Crippen molar-refractivity contribution in [3.05, 3.63) is 40.4 Å². The molecule has 0 atom stereocenters. The van der Waals surface area contributed by atoms with Gasteiger partial charge in [0.1, 0.15) is 11.4 Å². The molecular formula is C22H29N5O4S. The van der Waals surface area contributed by atoms with Crippen molar-refractivity contribution in [2.75, 3.05) is 37.4 Å². The topological polar surface area (TPSA) is 141 Å². The van der Waals surface area contributed by atoms with Crippen LogP contribution >= 0.6 is 11.5 Å². The minimum atomic E-state index is -0.807. The van der Waals surface area contributed by atoms with E-state index in [1.807, 2.05) is 24.3 Å². The summed E-state index contributed by atoms with van der Waals surface area (Å²) in [5, 5.41) is 2.72. The van der Waals surface area contributed by atoms with Gasteiger partial charge in [0.25, 0.3) is 11.8 Å². The van der Waals surface area contributed by atoms with Crippen molar-refractivity contribution in [3.63, 3.8) is 0 Å². The number of amides is 3. The van der Waals surface area contributed by atoms with Gasteiger partial charge in [-0.2, -0.15) is 4.37 Å². The van der Waals surface area contributed by atoms with E-state index >= 15 is 0 Å². The van der Waals surface area contributed by atoms with Gasteiger partial charge in [0.2, 0.25) is 5.91 Å². The van der Waals surface area contributed by atoms with Crippen molar-refractivity contribution in [2.24, 2.45) is 5.73 Å². The standard InChI is InChI=1S/C22H29N5O4S/c1-31-12-11-25-17(28)13-27(22(30)20-18(23)19(21(24)29)26-32-20)16-9-7-15(8-10-16)14-5-3-2-4-6-14/h7-10,14H,2-6,11-13,23H2,1H3,(H2,24,29)(H,25,28). The minimum absolute atomic E-state index is 0.0693. The van der Waals surface area contributed by atoms with Gasteiger partial charge in [-0.25, -0.2) is 0 Å². The van der Waals surface area contributed by atoms with Gasteiger partial charge in [0.15, 0.2) is 5.69 Å². The minimum Gasteiger partial charge on any atom is -0.395 e. The Morgan fingerprint density at radius 1 is 1.19 bits per heavy atom. The number of carbonyl (C=O) groups is 3. The first kappa shape index (κ1) is 23.7. The molecule has 3 amide bonds. The van der Waals surface area contributed by atoms with Crippen molar-refractivity contribution in [3.8, 4) is 0 Å². The molecule has 1 aliphatic rings. The molecule has 3 rings (SSSR count). The number of nitrogens with one attached hydrogen (secondary N) is 1. The molecule has 1 saturated carbocycles. The molecular weight excluding hydrogens is 430 g/mol. The summed E-state index contributed by atoms with van der Waals surface area (Å²) in [6.45, 7) is 0.473. The first-order valence-electron chi connectivity index (χ1n) is 10.6. The van der Waals surface area contributed by atoms with Gasteiger partial charge in [0.05, 0.1) is 12.3 Å². The van der Waals surface area contributed by atoms with Crippen LogP contribution in [0.25, 0.3) is 0 Å². The lowest BCUT2D eigenvalue weighted by Gasteiger charge is -2.25. The fourth-order valence-corrected chi connectivity index (χ4v) is 4.64. The molecule has 1 aromatic heterocycles. The van der Waals surface area contributed by atoms with Crippen LogP contribution in [-0.2, 0) is 9.53 Å². The molecule has 5 N–H and O–H groups in total.